The second-order valence-corrected chi connectivity index (χ2v) is 4.82. The fourth-order valence-corrected chi connectivity index (χ4v) is 2.24. The summed E-state index contributed by atoms with van der Waals surface area (Å²) < 4.78 is 13.9. The summed E-state index contributed by atoms with van der Waals surface area (Å²) in [6.07, 6.45) is 3.49. The van der Waals surface area contributed by atoms with Gasteiger partial charge in [0.05, 0.1) is 12.2 Å². The van der Waals surface area contributed by atoms with Crippen molar-refractivity contribution >= 4 is 5.91 Å². The predicted molar refractivity (Wildman–Crippen MR) is 74.7 cm³/mol. The highest BCUT2D eigenvalue weighted by molar-refractivity contribution is 5.94. The van der Waals surface area contributed by atoms with Gasteiger partial charge in [0.1, 0.15) is 5.82 Å². The van der Waals surface area contributed by atoms with E-state index in [0.29, 0.717) is 12.0 Å². The summed E-state index contributed by atoms with van der Waals surface area (Å²) in [5.41, 5.74) is 0.630. The van der Waals surface area contributed by atoms with Gasteiger partial charge in [-0.1, -0.05) is 11.8 Å². The molecule has 1 saturated heterocycles. The van der Waals surface area contributed by atoms with Crippen molar-refractivity contribution in [3.8, 4) is 11.8 Å². The molecule has 0 aromatic heterocycles. The fourth-order valence-electron chi connectivity index (χ4n) is 2.24. The van der Waals surface area contributed by atoms with Gasteiger partial charge in [0.25, 0.3) is 5.91 Å². The van der Waals surface area contributed by atoms with Gasteiger partial charge in [-0.3, -0.25) is 4.79 Å². The average Bonchev–Trinajstić information content (AvgIpc) is 2.49. The van der Waals surface area contributed by atoms with Gasteiger partial charge in [-0.05, 0) is 37.5 Å². The monoisotopic (exact) mass is 275 g/mol. The van der Waals surface area contributed by atoms with E-state index >= 15 is 0 Å². The first-order valence-corrected chi connectivity index (χ1v) is 6.91. The van der Waals surface area contributed by atoms with Crippen molar-refractivity contribution in [2.45, 2.75) is 25.7 Å². The Morgan fingerprint density at radius 2 is 2.05 bits per heavy atom. The molecule has 0 bridgehead atoms. The Morgan fingerprint density at radius 1 is 1.30 bits per heavy atom. The van der Waals surface area contributed by atoms with Gasteiger partial charge in [-0.15, -0.1) is 0 Å². The van der Waals surface area contributed by atoms with Crippen molar-refractivity contribution in [3.05, 3.63) is 35.1 Å². The van der Waals surface area contributed by atoms with Crippen molar-refractivity contribution in [3.63, 3.8) is 0 Å². The van der Waals surface area contributed by atoms with Crippen molar-refractivity contribution in [2.75, 3.05) is 19.7 Å². The summed E-state index contributed by atoms with van der Waals surface area (Å²) in [4.78, 5) is 14.0. The first kappa shape index (κ1) is 14.5. The molecule has 20 heavy (non-hydrogen) atoms. The molecule has 3 nitrogen and oxygen atoms in total. The summed E-state index contributed by atoms with van der Waals surface area (Å²) in [5.74, 6) is 4.72. The van der Waals surface area contributed by atoms with Crippen molar-refractivity contribution < 1.29 is 14.3 Å². The molecule has 1 aliphatic rings. The van der Waals surface area contributed by atoms with Crippen LogP contribution in [-0.2, 0) is 0 Å². The topological polar surface area (TPSA) is 40.5 Å². The maximum absolute atomic E-state index is 13.9. The minimum absolute atomic E-state index is 0.0415. The Hall–Kier alpha value is -1.86. The van der Waals surface area contributed by atoms with Crippen LogP contribution in [0.2, 0.25) is 0 Å². The molecule has 0 radical (unpaired) electrons. The van der Waals surface area contributed by atoms with Gasteiger partial charge >= 0.3 is 0 Å². The summed E-state index contributed by atoms with van der Waals surface area (Å²) in [7, 11) is 0. The van der Waals surface area contributed by atoms with E-state index in [1.807, 2.05) is 0 Å². The molecular weight excluding hydrogens is 257 g/mol. The number of benzene rings is 1. The zero-order valence-electron chi connectivity index (χ0n) is 11.4. The molecule has 0 unspecified atom stereocenters. The summed E-state index contributed by atoms with van der Waals surface area (Å²) in [6.45, 7) is 1.46. The number of amides is 1. The van der Waals surface area contributed by atoms with Gasteiger partial charge in [0, 0.05) is 25.1 Å². The third-order valence-electron chi connectivity index (χ3n) is 3.32. The van der Waals surface area contributed by atoms with Crippen LogP contribution < -0.4 is 0 Å². The molecule has 1 heterocycles. The van der Waals surface area contributed by atoms with E-state index in [1.165, 1.54) is 12.1 Å². The molecule has 1 N–H and O–H groups in total. The van der Waals surface area contributed by atoms with Crippen LogP contribution in [0.4, 0.5) is 4.39 Å². The standard InChI is InChI=1S/C16H18FNO2/c17-15-12-14(8-7-13(15)6-2-5-11-19)16(20)18-9-3-1-4-10-18/h7-8,12,19H,1,3-5,9-11H2. The molecule has 1 aromatic rings. The molecule has 2 rings (SSSR count). The second kappa shape index (κ2) is 7.06. The molecular formula is C16H18FNO2. The fraction of sp³-hybridized carbons (Fsp3) is 0.438. The number of piperidine rings is 1. The third kappa shape index (κ3) is 3.58. The number of hydrogen-bond donors (Lipinski definition) is 1. The van der Waals surface area contributed by atoms with Crippen molar-refractivity contribution in [2.24, 2.45) is 0 Å². The van der Waals surface area contributed by atoms with E-state index in [-0.39, 0.29) is 18.1 Å². The SMILES string of the molecule is O=C(c1ccc(C#CCCO)c(F)c1)N1CCCCC1. The molecule has 1 aromatic carbocycles. The van der Waals surface area contributed by atoms with Crippen LogP contribution in [0.5, 0.6) is 0 Å². The van der Waals surface area contributed by atoms with Gasteiger partial charge in [-0.25, -0.2) is 4.39 Å². The molecule has 0 spiro atoms. The van der Waals surface area contributed by atoms with E-state index in [9.17, 15) is 9.18 Å². The van der Waals surface area contributed by atoms with E-state index in [0.717, 1.165) is 32.4 Å². The maximum atomic E-state index is 13.9. The smallest absolute Gasteiger partial charge is 0.253 e. The number of likely N-dealkylation sites (tertiary alicyclic amines) is 1. The van der Waals surface area contributed by atoms with Crippen molar-refractivity contribution in [1.82, 2.24) is 4.90 Å². The lowest BCUT2D eigenvalue weighted by atomic mass is 10.1. The lowest BCUT2D eigenvalue weighted by molar-refractivity contribution is 0.0724. The largest absolute Gasteiger partial charge is 0.395 e. The summed E-state index contributed by atoms with van der Waals surface area (Å²) >= 11 is 0. The van der Waals surface area contributed by atoms with Crippen LogP contribution in [-0.4, -0.2) is 35.6 Å². The molecule has 0 aliphatic carbocycles. The lowest BCUT2D eigenvalue weighted by Crippen LogP contribution is -2.35. The van der Waals surface area contributed by atoms with Crippen LogP contribution >= 0.6 is 0 Å². The van der Waals surface area contributed by atoms with Gasteiger partial charge in [0.2, 0.25) is 0 Å². The highest BCUT2D eigenvalue weighted by atomic mass is 19.1. The number of rotatable bonds is 2. The van der Waals surface area contributed by atoms with E-state index < -0.39 is 5.82 Å². The number of carbonyl (C=O) groups is 1. The Balaban J connectivity index is 2.12. The highest BCUT2D eigenvalue weighted by Crippen LogP contribution is 2.15. The quantitative estimate of drug-likeness (QED) is 0.840. The minimum Gasteiger partial charge on any atom is -0.395 e. The Kier molecular flexibility index (Phi) is 5.14. The van der Waals surface area contributed by atoms with Crippen molar-refractivity contribution in [1.29, 1.82) is 0 Å². The number of carbonyl (C=O) groups excluding carboxylic acids is 1. The number of hydrogen-bond acceptors (Lipinski definition) is 2. The van der Waals surface area contributed by atoms with Crippen LogP contribution in [0.1, 0.15) is 41.6 Å². The van der Waals surface area contributed by atoms with Gasteiger partial charge in [0.15, 0.2) is 0 Å². The number of nitrogens with zero attached hydrogens (tertiary/aromatic N) is 1. The van der Waals surface area contributed by atoms with Crippen LogP contribution in [0.3, 0.4) is 0 Å². The lowest BCUT2D eigenvalue weighted by Gasteiger charge is -2.26. The Labute approximate surface area is 118 Å². The molecule has 106 valence electrons. The zero-order chi connectivity index (χ0) is 14.4. The first-order chi connectivity index (χ1) is 9.72. The van der Waals surface area contributed by atoms with E-state index in [4.69, 9.17) is 5.11 Å². The summed E-state index contributed by atoms with van der Waals surface area (Å²) in [6, 6.07) is 4.39. The zero-order valence-corrected chi connectivity index (χ0v) is 11.4. The Bertz CT molecular complexity index is 539. The van der Waals surface area contributed by atoms with Gasteiger partial charge in [-0.2, -0.15) is 0 Å². The first-order valence-electron chi connectivity index (χ1n) is 6.91. The van der Waals surface area contributed by atoms with Crippen LogP contribution in [0, 0.1) is 17.7 Å². The average molecular weight is 275 g/mol. The second-order valence-electron chi connectivity index (χ2n) is 4.82. The normalized spacial score (nSPS) is 14.6. The predicted octanol–water partition coefficient (Wildman–Crippen LogP) is 2.19. The number of aliphatic hydroxyl groups is 1. The maximum Gasteiger partial charge on any atom is 0.253 e. The van der Waals surface area contributed by atoms with Crippen LogP contribution in [0.25, 0.3) is 0 Å². The van der Waals surface area contributed by atoms with E-state index in [1.54, 1.807) is 11.0 Å². The molecule has 0 saturated carbocycles. The van der Waals surface area contributed by atoms with Crippen LogP contribution in [0.15, 0.2) is 18.2 Å². The molecule has 1 amide bonds. The molecule has 0 atom stereocenters. The summed E-state index contributed by atoms with van der Waals surface area (Å²) in [5, 5.41) is 8.63. The minimum atomic E-state index is -0.488. The Morgan fingerprint density at radius 3 is 2.70 bits per heavy atom. The third-order valence-corrected chi connectivity index (χ3v) is 3.32. The number of halogens is 1. The molecule has 1 aliphatic heterocycles. The van der Waals surface area contributed by atoms with E-state index in [2.05, 4.69) is 11.8 Å². The molecule has 1 fully saturated rings. The molecule has 4 heteroatoms. The van der Waals surface area contributed by atoms with Gasteiger partial charge < -0.3 is 10.0 Å². The number of aliphatic hydroxyl groups excluding tert-OH is 1. The highest BCUT2D eigenvalue weighted by Gasteiger charge is 2.18.